The Bertz CT molecular complexity index is 1200. The third kappa shape index (κ3) is 3.70. The number of aromatic nitrogens is 3. The molecule has 1 aliphatic rings. The minimum absolute atomic E-state index is 0.0842. The van der Waals surface area contributed by atoms with Gasteiger partial charge in [-0.25, -0.2) is 17.8 Å². The Morgan fingerprint density at radius 2 is 2.03 bits per heavy atom. The van der Waals surface area contributed by atoms with Crippen LogP contribution in [0.1, 0.15) is 30.4 Å². The molecule has 0 saturated heterocycles. The molecule has 11 heteroatoms. The quantitative estimate of drug-likeness (QED) is 0.359. The van der Waals surface area contributed by atoms with Crippen LogP contribution in [-0.2, 0) is 16.4 Å². The highest BCUT2D eigenvalue weighted by Crippen LogP contribution is 2.47. The maximum Gasteiger partial charge on any atom is 0.239 e. The topological polar surface area (TPSA) is 96.6 Å². The number of benzene rings is 1. The molecule has 0 aliphatic heterocycles. The summed E-state index contributed by atoms with van der Waals surface area (Å²) in [7, 11) is -3.93. The number of rotatable bonds is 7. The lowest BCUT2D eigenvalue weighted by molar-refractivity contribution is 0.283. The van der Waals surface area contributed by atoms with Gasteiger partial charge in [-0.3, -0.25) is 4.72 Å². The summed E-state index contributed by atoms with van der Waals surface area (Å²) in [5.74, 6) is -1.54. The zero-order valence-electron chi connectivity index (χ0n) is 15.1. The number of halogens is 3. The van der Waals surface area contributed by atoms with Gasteiger partial charge in [0, 0.05) is 22.7 Å². The molecule has 1 aromatic carbocycles. The van der Waals surface area contributed by atoms with Crippen molar-refractivity contribution in [1.82, 2.24) is 14.6 Å². The molecule has 3 aromatic rings. The van der Waals surface area contributed by atoms with Crippen molar-refractivity contribution in [2.75, 3.05) is 11.3 Å². The number of aliphatic hydroxyl groups is 1. The van der Waals surface area contributed by atoms with Gasteiger partial charge in [-0.15, -0.1) is 0 Å². The molecule has 1 fully saturated rings. The first-order valence-electron chi connectivity index (χ1n) is 8.86. The Balaban J connectivity index is 1.79. The fourth-order valence-electron chi connectivity index (χ4n) is 3.27. The number of anilines is 1. The van der Waals surface area contributed by atoms with Gasteiger partial charge in [0.05, 0.1) is 16.5 Å². The van der Waals surface area contributed by atoms with Crippen LogP contribution in [-0.4, -0.2) is 39.5 Å². The Labute approximate surface area is 179 Å². The van der Waals surface area contributed by atoms with Gasteiger partial charge in [-0.05, 0) is 59.5 Å². The second-order valence-corrected chi connectivity index (χ2v) is 10.3. The molecule has 2 aromatic heterocycles. The molecule has 0 radical (unpaired) electrons. The summed E-state index contributed by atoms with van der Waals surface area (Å²) >= 11 is 1.97. The van der Waals surface area contributed by atoms with Gasteiger partial charge in [-0.1, -0.05) is 6.07 Å². The highest BCUT2D eigenvalue weighted by molar-refractivity contribution is 14.1. The van der Waals surface area contributed by atoms with Crippen molar-refractivity contribution in [3.63, 3.8) is 0 Å². The molecular formula is C18H17F2IN4O3S. The third-order valence-electron chi connectivity index (χ3n) is 5.13. The first-order chi connectivity index (χ1) is 13.8. The van der Waals surface area contributed by atoms with E-state index in [-0.39, 0.29) is 42.0 Å². The van der Waals surface area contributed by atoms with Crippen LogP contribution in [0.2, 0.25) is 0 Å². The largest absolute Gasteiger partial charge is 0.396 e. The molecule has 2 N–H and O–H groups in total. The Morgan fingerprint density at radius 3 is 2.69 bits per heavy atom. The van der Waals surface area contributed by atoms with E-state index < -0.39 is 26.5 Å². The van der Waals surface area contributed by atoms with Gasteiger partial charge in [0.2, 0.25) is 16.0 Å². The van der Waals surface area contributed by atoms with Crippen molar-refractivity contribution in [2.45, 2.75) is 30.4 Å². The summed E-state index contributed by atoms with van der Waals surface area (Å²) in [6, 6.07) is 5.96. The highest BCUT2D eigenvalue weighted by atomic mass is 127. The lowest BCUT2D eigenvalue weighted by atomic mass is 10.1. The van der Waals surface area contributed by atoms with Crippen molar-refractivity contribution < 1.29 is 22.3 Å². The number of nitrogens with one attached hydrogen (secondary N) is 1. The Morgan fingerprint density at radius 1 is 1.28 bits per heavy atom. The zero-order valence-corrected chi connectivity index (χ0v) is 18.0. The predicted octanol–water partition coefficient (Wildman–Crippen LogP) is 2.86. The van der Waals surface area contributed by atoms with Crippen LogP contribution < -0.4 is 4.72 Å². The molecule has 29 heavy (non-hydrogen) atoms. The van der Waals surface area contributed by atoms with Gasteiger partial charge in [-0.2, -0.15) is 14.0 Å². The number of aliphatic hydroxyl groups excluding tert-OH is 1. The smallest absolute Gasteiger partial charge is 0.239 e. The first-order valence-corrected chi connectivity index (χ1v) is 11.4. The van der Waals surface area contributed by atoms with E-state index in [1.54, 1.807) is 6.07 Å². The van der Waals surface area contributed by atoms with Crippen LogP contribution in [0, 0.1) is 15.3 Å². The number of hydrogen-bond acceptors (Lipinski definition) is 5. The van der Waals surface area contributed by atoms with Crippen LogP contribution in [0.4, 0.5) is 14.6 Å². The number of hydrogen-bond donors (Lipinski definition) is 2. The third-order valence-corrected chi connectivity index (χ3v) is 8.01. The maximum atomic E-state index is 15.2. The summed E-state index contributed by atoms with van der Waals surface area (Å²) in [5, 5.41) is 13.1. The summed E-state index contributed by atoms with van der Waals surface area (Å²) < 4.78 is 58.2. The highest BCUT2D eigenvalue weighted by Gasteiger charge is 2.54. The van der Waals surface area contributed by atoms with E-state index in [0.717, 1.165) is 4.52 Å². The molecular weight excluding hydrogens is 517 g/mol. The lowest BCUT2D eigenvalue weighted by Gasteiger charge is -2.19. The molecule has 0 atom stereocenters. The average molecular weight is 534 g/mol. The van der Waals surface area contributed by atoms with Crippen LogP contribution in [0.3, 0.4) is 0 Å². The van der Waals surface area contributed by atoms with Crippen LogP contribution in [0.25, 0.3) is 5.65 Å². The molecule has 1 aliphatic carbocycles. The Kier molecular flexibility index (Phi) is 5.23. The minimum Gasteiger partial charge on any atom is -0.396 e. The van der Waals surface area contributed by atoms with Crippen LogP contribution in [0.5, 0.6) is 0 Å². The Hall–Kier alpha value is -1.86. The van der Waals surface area contributed by atoms with Gasteiger partial charge >= 0.3 is 0 Å². The van der Waals surface area contributed by atoms with Crippen molar-refractivity contribution in [3.05, 3.63) is 56.9 Å². The van der Waals surface area contributed by atoms with Crippen molar-refractivity contribution in [2.24, 2.45) is 0 Å². The van der Waals surface area contributed by atoms with Crippen LogP contribution in [0.15, 0.2) is 30.5 Å². The number of fused-ring (bicyclic) bond motifs is 1. The normalized spacial score (nSPS) is 15.6. The second kappa shape index (κ2) is 7.43. The lowest BCUT2D eigenvalue weighted by Crippen LogP contribution is -2.31. The minimum atomic E-state index is -3.93. The molecule has 1 saturated carbocycles. The molecule has 7 nitrogen and oxygen atoms in total. The number of nitrogens with zero attached hydrogens (tertiary/aromatic N) is 3. The van der Waals surface area contributed by atoms with Gasteiger partial charge in [0.15, 0.2) is 5.65 Å². The van der Waals surface area contributed by atoms with Crippen LogP contribution >= 0.6 is 22.6 Å². The summed E-state index contributed by atoms with van der Waals surface area (Å²) in [6.45, 7) is -0.273. The van der Waals surface area contributed by atoms with Crippen molar-refractivity contribution in [3.8, 4) is 0 Å². The van der Waals surface area contributed by atoms with Gasteiger partial charge in [0.1, 0.15) is 11.6 Å². The average Bonchev–Trinajstić information content (AvgIpc) is 3.30. The molecule has 2 heterocycles. The standard InChI is InChI=1S/C18H17F2IN4O3S/c19-14-10-12(21)2-1-11(14)9-13-16(20)25-15(3-7-22-25)23-17(13)24-29(27,28)18(4-5-18)6-8-26/h1-3,7,10,26H,4-6,8-9H2,(H,23,24). The summed E-state index contributed by atoms with van der Waals surface area (Å²) in [6.07, 6.45) is 2.03. The fourth-order valence-corrected chi connectivity index (χ4v) is 5.36. The molecule has 0 bridgehead atoms. The maximum absolute atomic E-state index is 15.2. The van der Waals surface area contributed by atoms with Gasteiger partial charge in [0.25, 0.3) is 0 Å². The van der Waals surface area contributed by atoms with E-state index in [1.165, 1.54) is 24.4 Å². The molecule has 154 valence electrons. The SMILES string of the molecule is O=S(=O)(Nc1nc2ccnn2c(F)c1Cc1ccc(I)cc1F)C1(CCO)CC1. The molecule has 0 spiro atoms. The van der Waals surface area contributed by atoms with Crippen molar-refractivity contribution >= 4 is 44.1 Å². The first kappa shape index (κ1) is 20.4. The fraction of sp³-hybridized carbons (Fsp3) is 0.333. The molecule has 0 unspecified atom stereocenters. The summed E-state index contributed by atoms with van der Waals surface area (Å²) in [4.78, 5) is 4.21. The van der Waals surface area contributed by atoms with Gasteiger partial charge < -0.3 is 5.11 Å². The zero-order chi connectivity index (χ0) is 20.8. The predicted molar refractivity (Wildman–Crippen MR) is 111 cm³/mol. The van der Waals surface area contributed by atoms with Crippen molar-refractivity contribution in [1.29, 1.82) is 0 Å². The van der Waals surface area contributed by atoms with E-state index in [1.807, 2.05) is 22.6 Å². The van der Waals surface area contributed by atoms with E-state index >= 15 is 4.39 Å². The summed E-state index contributed by atoms with van der Waals surface area (Å²) in [5.41, 5.74) is 0.221. The number of sulfonamides is 1. The van der Waals surface area contributed by atoms with E-state index in [4.69, 9.17) is 0 Å². The van der Waals surface area contributed by atoms with E-state index in [9.17, 15) is 17.9 Å². The monoisotopic (exact) mass is 534 g/mol. The second-order valence-electron chi connectivity index (χ2n) is 7.01. The molecule has 4 rings (SSSR count). The molecule has 0 amide bonds. The van der Waals surface area contributed by atoms with E-state index in [0.29, 0.717) is 16.4 Å². The van der Waals surface area contributed by atoms with E-state index in [2.05, 4.69) is 14.8 Å².